The van der Waals surface area contributed by atoms with E-state index in [1.54, 1.807) is 12.1 Å². The molecule has 0 spiro atoms. The topological polar surface area (TPSA) is 48.9 Å². The van der Waals surface area contributed by atoms with Crippen molar-refractivity contribution in [2.24, 2.45) is 0 Å². The zero-order valence-electron chi connectivity index (χ0n) is 9.74. The number of hydrogen-bond acceptors (Lipinski definition) is 2. The van der Waals surface area contributed by atoms with Gasteiger partial charge in [0.2, 0.25) is 0 Å². The number of H-pyrrole nitrogens is 1. The highest BCUT2D eigenvalue weighted by atomic mass is 79.9. The third kappa shape index (κ3) is 1.88. The van der Waals surface area contributed by atoms with Gasteiger partial charge in [0, 0.05) is 10.0 Å². The van der Waals surface area contributed by atoms with Crippen LogP contribution < -0.4 is 0 Å². The Morgan fingerprint density at radius 2 is 1.89 bits per heavy atom. The second kappa shape index (κ2) is 4.14. The summed E-state index contributed by atoms with van der Waals surface area (Å²) in [6, 6.07) is 11.1. The number of nitrogens with one attached hydrogen (secondary N) is 1. The molecule has 0 aliphatic rings. The molecule has 0 saturated heterocycles. The Kier molecular flexibility index (Phi) is 2.59. The smallest absolute Gasteiger partial charge is 0.138 e. The molecule has 0 radical (unpaired) electrons. The molecule has 0 amide bonds. The molecule has 2 N–H and O–H groups in total. The van der Waals surface area contributed by atoms with Gasteiger partial charge in [-0.2, -0.15) is 0 Å². The number of fused-ring (bicyclic) bond motifs is 1. The van der Waals surface area contributed by atoms with Crippen molar-refractivity contribution in [2.45, 2.75) is 6.92 Å². The first-order chi connectivity index (χ1) is 8.63. The van der Waals surface area contributed by atoms with Crippen LogP contribution in [0.5, 0.6) is 5.75 Å². The predicted molar refractivity (Wildman–Crippen MR) is 75.6 cm³/mol. The molecule has 3 aromatic rings. The number of benzene rings is 2. The summed E-state index contributed by atoms with van der Waals surface area (Å²) in [4.78, 5) is 7.89. The van der Waals surface area contributed by atoms with Crippen molar-refractivity contribution in [3.05, 3.63) is 46.4 Å². The van der Waals surface area contributed by atoms with Crippen molar-refractivity contribution in [2.75, 3.05) is 0 Å². The van der Waals surface area contributed by atoms with Gasteiger partial charge in [-0.25, -0.2) is 4.98 Å². The number of hydrogen-bond donors (Lipinski definition) is 2. The summed E-state index contributed by atoms with van der Waals surface area (Å²) in [5, 5.41) is 9.29. The quantitative estimate of drug-likeness (QED) is 0.713. The molecule has 0 atom stereocenters. The Morgan fingerprint density at radius 3 is 2.61 bits per heavy atom. The maximum atomic E-state index is 9.29. The van der Waals surface area contributed by atoms with E-state index in [1.165, 1.54) is 0 Å². The van der Waals surface area contributed by atoms with Gasteiger partial charge in [0.25, 0.3) is 0 Å². The third-order valence-corrected chi connectivity index (χ3v) is 3.34. The lowest BCUT2D eigenvalue weighted by atomic mass is 10.2. The molecule has 1 aromatic heterocycles. The largest absolute Gasteiger partial charge is 0.508 e. The Bertz CT molecular complexity index is 716. The van der Waals surface area contributed by atoms with E-state index in [-0.39, 0.29) is 5.75 Å². The van der Waals surface area contributed by atoms with Crippen LogP contribution in [-0.4, -0.2) is 15.1 Å². The highest BCUT2D eigenvalue weighted by molar-refractivity contribution is 9.10. The van der Waals surface area contributed by atoms with Crippen LogP contribution >= 0.6 is 15.9 Å². The molecule has 0 bridgehead atoms. The number of aromatic nitrogens is 2. The third-order valence-electron chi connectivity index (χ3n) is 2.88. The lowest BCUT2D eigenvalue weighted by Crippen LogP contribution is -1.79. The number of aryl methyl sites for hydroxylation is 1. The van der Waals surface area contributed by atoms with Crippen molar-refractivity contribution in [3.8, 4) is 17.1 Å². The number of phenols is 1. The number of halogens is 1. The van der Waals surface area contributed by atoms with Crippen molar-refractivity contribution in [3.63, 3.8) is 0 Å². The molecular weight excluding hydrogens is 292 g/mol. The van der Waals surface area contributed by atoms with Gasteiger partial charge in [0.05, 0.1) is 11.0 Å². The highest BCUT2D eigenvalue weighted by Crippen LogP contribution is 2.26. The summed E-state index contributed by atoms with van der Waals surface area (Å²) < 4.78 is 1.04. The fourth-order valence-electron chi connectivity index (χ4n) is 2.00. The van der Waals surface area contributed by atoms with Crippen molar-refractivity contribution in [1.29, 1.82) is 0 Å². The highest BCUT2D eigenvalue weighted by Gasteiger charge is 2.08. The van der Waals surface area contributed by atoms with Gasteiger partial charge in [0.15, 0.2) is 0 Å². The standard InChI is InChI=1S/C14H11BrN2O/c1-8-6-10(15)7-12-13(8)17-14(16-12)9-2-4-11(18)5-3-9/h2-7,18H,1H3,(H,16,17). The SMILES string of the molecule is Cc1cc(Br)cc2[nH]c(-c3ccc(O)cc3)nc12. The number of rotatable bonds is 1. The second-order valence-corrected chi connectivity index (χ2v) is 5.17. The van der Waals surface area contributed by atoms with Crippen LogP contribution in [-0.2, 0) is 0 Å². The zero-order chi connectivity index (χ0) is 12.7. The van der Waals surface area contributed by atoms with Crippen molar-refractivity contribution >= 4 is 27.0 Å². The molecule has 0 saturated carbocycles. The van der Waals surface area contributed by atoms with E-state index in [9.17, 15) is 5.11 Å². The van der Waals surface area contributed by atoms with Gasteiger partial charge in [0.1, 0.15) is 11.6 Å². The van der Waals surface area contributed by atoms with Gasteiger partial charge in [-0.3, -0.25) is 0 Å². The lowest BCUT2D eigenvalue weighted by molar-refractivity contribution is 0.475. The fraction of sp³-hybridized carbons (Fsp3) is 0.0714. The Morgan fingerprint density at radius 1 is 1.17 bits per heavy atom. The van der Waals surface area contributed by atoms with Crippen molar-refractivity contribution < 1.29 is 5.11 Å². The molecule has 1 heterocycles. The van der Waals surface area contributed by atoms with E-state index >= 15 is 0 Å². The first kappa shape index (κ1) is 11.3. The van der Waals surface area contributed by atoms with E-state index in [2.05, 4.69) is 25.9 Å². The van der Waals surface area contributed by atoms with Crippen LogP contribution in [0, 0.1) is 6.92 Å². The summed E-state index contributed by atoms with van der Waals surface area (Å²) in [7, 11) is 0. The average Bonchev–Trinajstić information content (AvgIpc) is 2.74. The summed E-state index contributed by atoms with van der Waals surface area (Å²) in [6.07, 6.45) is 0. The molecule has 2 aromatic carbocycles. The second-order valence-electron chi connectivity index (χ2n) is 4.25. The predicted octanol–water partition coefficient (Wildman–Crippen LogP) is 4.01. The first-order valence-electron chi connectivity index (χ1n) is 5.59. The van der Waals surface area contributed by atoms with Crippen LogP contribution in [0.15, 0.2) is 40.9 Å². The number of aromatic hydroxyl groups is 1. The van der Waals surface area contributed by atoms with E-state index < -0.39 is 0 Å². The Hall–Kier alpha value is -1.81. The molecule has 0 aliphatic carbocycles. The molecule has 4 heteroatoms. The maximum absolute atomic E-state index is 9.29. The lowest BCUT2D eigenvalue weighted by Gasteiger charge is -1.95. The normalized spacial score (nSPS) is 11.0. The van der Waals surface area contributed by atoms with E-state index in [0.717, 1.165) is 32.5 Å². The molecule has 0 unspecified atom stereocenters. The molecule has 18 heavy (non-hydrogen) atoms. The van der Waals surface area contributed by atoms with Gasteiger partial charge in [-0.1, -0.05) is 15.9 Å². The van der Waals surface area contributed by atoms with Gasteiger partial charge in [-0.05, 0) is 48.9 Å². The van der Waals surface area contributed by atoms with E-state index in [4.69, 9.17) is 0 Å². The van der Waals surface area contributed by atoms with E-state index in [0.29, 0.717) is 0 Å². The number of imidazole rings is 1. The van der Waals surface area contributed by atoms with Crippen LogP contribution in [0.1, 0.15) is 5.56 Å². The van der Waals surface area contributed by atoms with Gasteiger partial charge in [-0.15, -0.1) is 0 Å². The summed E-state index contributed by atoms with van der Waals surface area (Å²) in [6.45, 7) is 2.04. The Labute approximate surface area is 113 Å². The molecular formula is C14H11BrN2O. The van der Waals surface area contributed by atoms with E-state index in [1.807, 2.05) is 31.2 Å². The summed E-state index contributed by atoms with van der Waals surface area (Å²) in [5.41, 5.74) is 4.06. The van der Waals surface area contributed by atoms with Crippen LogP contribution in [0.2, 0.25) is 0 Å². The number of aromatic amines is 1. The first-order valence-corrected chi connectivity index (χ1v) is 6.38. The summed E-state index contributed by atoms with van der Waals surface area (Å²) >= 11 is 3.48. The zero-order valence-corrected chi connectivity index (χ0v) is 11.3. The number of nitrogens with zero attached hydrogens (tertiary/aromatic N) is 1. The fourth-order valence-corrected chi connectivity index (χ4v) is 2.57. The minimum Gasteiger partial charge on any atom is -0.508 e. The minimum absolute atomic E-state index is 0.258. The van der Waals surface area contributed by atoms with Gasteiger partial charge < -0.3 is 10.1 Å². The number of phenolic OH excluding ortho intramolecular Hbond substituents is 1. The minimum atomic E-state index is 0.258. The van der Waals surface area contributed by atoms with Crippen molar-refractivity contribution in [1.82, 2.24) is 9.97 Å². The van der Waals surface area contributed by atoms with Crippen LogP contribution in [0.3, 0.4) is 0 Å². The molecule has 0 aliphatic heterocycles. The molecule has 90 valence electrons. The average molecular weight is 303 g/mol. The Balaban J connectivity index is 2.19. The maximum Gasteiger partial charge on any atom is 0.138 e. The molecule has 3 rings (SSSR count). The van der Waals surface area contributed by atoms with Gasteiger partial charge >= 0.3 is 0 Å². The monoisotopic (exact) mass is 302 g/mol. The molecule has 3 nitrogen and oxygen atoms in total. The summed E-state index contributed by atoms with van der Waals surface area (Å²) in [5.74, 6) is 1.07. The van der Waals surface area contributed by atoms with Crippen LogP contribution in [0.25, 0.3) is 22.4 Å². The molecule has 0 fully saturated rings. The van der Waals surface area contributed by atoms with Crippen LogP contribution in [0.4, 0.5) is 0 Å².